The van der Waals surface area contributed by atoms with Crippen molar-refractivity contribution in [1.82, 2.24) is 0 Å². The molecule has 0 atom stereocenters. The Morgan fingerprint density at radius 1 is 0.800 bits per heavy atom. The average Bonchev–Trinajstić information content (AvgIpc) is 2.81. The van der Waals surface area contributed by atoms with E-state index in [2.05, 4.69) is 9.46 Å². The van der Waals surface area contributed by atoms with Crippen molar-refractivity contribution in [2.24, 2.45) is 0 Å². The molecule has 0 aliphatic rings. The first-order valence-electron chi connectivity index (χ1n) is 10.0. The van der Waals surface area contributed by atoms with Crippen LogP contribution in [0, 0.1) is 0 Å². The summed E-state index contributed by atoms with van der Waals surface area (Å²) in [5.41, 5.74) is 1.71. The Kier molecular flexibility index (Phi) is 7.80. The second-order valence-corrected chi connectivity index (χ2v) is 8.72. The average molecular weight is 510 g/mol. The molecule has 0 saturated carbocycles. The van der Waals surface area contributed by atoms with E-state index in [0.29, 0.717) is 22.8 Å². The minimum absolute atomic E-state index is 0.217. The number of alkyl halides is 3. The minimum atomic E-state index is -4.87. The highest BCUT2D eigenvalue weighted by atomic mass is 32.2. The van der Waals surface area contributed by atoms with Crippen molar-refractivity contribution in [3.8, 4) is 23.0 Å². The van der Waals surface area contributed by atoms with Crippen LogP contribution in [0.4, 0.5) is 18.9 Å². The summed E-state index contributed by atoms with van der Waals surface area (Å²) in [4.78, 5) is -0.217. The standard InChI is InChI=1S/C24H22F3NO6S/c1-31-21-14-17(15-22(32-2)23(21)33-3)8-7-16-5-4-6-18(13-16)28-35(29,30)20-11-9-19(10-12-20)34-24(25,26)27/h4-15,28H,1-3H3/b8-7-. The zero-order valence-corrected chi connectivity index (χ0v) is 19.7. The van der Waals surface area contributed by atoms with Gasteiger partial charge in [-0.05, 0) is 59.7 Å². The lowest BCUT2D eigenvalue weighted by molar-refractivity contribution is -0.274. The summed E-state index contributed by atoms with van der Waals surface area (Å²) < 4.78 is 84.4. The largest absolute Gasteiger partial charge is 0.573 e. The molecule has 0 amide bonds. The van der Waals surface area contributed by atoms with Gasteiger partial charge in [-0.25, -0.2) is 8.42 Å². The predicted molar refractivity (Wildman–Crippen MR) is 125 cm³/mol. The molecule has 11 heteroatoms. The zero-order chi connectivity index (χ0) is 25.6. The van der Waals surface area contributed by atoms with E-state index in [4.69, 9.17) is 14.2 Å². The van der Waals surface area contributed by atoms with Crippen LogP contribution in [-0.2, 0) is 10.0 Å². The Bertz CT molecular complexity index is 1280. The smallest absolute Gasteiger partial charge is 0.493 e. The predicted octanol–water partition coefficient (Wildman–Crippen LogP) is 5.58. The molecule has 35 heavy (non-hydrogen) atoms. The first kappa shape index (κ1) is 25.8. The minimum Gasteiger partial charge on any atom is -0.493 e. The third-order valence-corrected chi connectivity index (χ3v) is 6.06. The van der Waals surface area contributed by atoms with Crippen LogP contribution in [0.25, 0.3) is 12.2 Å². The molecule has 0 heterocycles. The van der Waals surface area contributed by atoms with E-state index >= 15 is 0 Å². The van der Waals surface area contributed by atoms with E-state index in [1.807, 2.05) is 0 Å². The number of benzene rings is 3. The van der Waals surface area contributed by atoms with Gasteiger partial charge in [0.15, 0.2) is 11.5 Å². The third-order valence-electron chi connectivity index (χ3n) is 4.66. The molecule has 0 aromatic heterocycles. The van der Waals surface area contributed by atoms with Gasteiger partial charge < -0.3 is 18.9 Å². The van der Waals surface area contributed by atoms with Crippen molar-refractivity contribution in [3.63, 3.8) is 0 Å². The van der Waals surface area contributed by atoms with E-state index in [-0.39, 0.29) is 10.6 Å². The number of ether oxygens (including phenoxy) is 4. The Morgan fingerprint density at radius 3 is 1.94 bits per heavy atom. The summed E-state index contributed by atoms with van der Waals surface area (Å²) in [6.07, 6.45) is -1.31. The van der Waals surface area contributed by atoms with E-state index in [0.717, 1.165) is 29.8 Å². The molecule has 0 aliphatic carbocycles. The van der Waals surface area contributed by atoms with Crippen molar-refractivity contribution in [2.45, 2.75) is 11.3 Å². The van der Waals surface area contributed by atoms with Gasteiger partial charge in [0.1, 0.15) is 5.75 Å². The maximum absolute atomic E-state index is 12.7. The number of rotatable bonds is 9. The molecule has 0 radical (unpaired) electrons. The summed E-state index contributed by atoms with van der Waals surface area (Å²) in [5, 5.41) is 0. The van der Waals surface area contributed by atoms with Crippen LogP contribution in [0.1, 0.15) is 11.1 Å². The van der Waals surface area contributed by atoms with Gasteiger partial charge in [-0.2, -0.15) is 0 Å². The van der Waals surface area contributed by atoms with Gasteiger partial charge in [-0.15, -0.1) is 13.2 Å². The van der Waals surface area contributed by atoms with Gasteiger partial charge >= 0.3 is 6.36 Å². The SMILES string of the molecule is COc1cc(/C=C\c2cccc(NS(=O)(=O)c3ccc(OC(F)(F)F)cc3)c2)cc(OC)c1OC. The molecule has 1 N–H and O–H groups in total. The molecule has 0 fully saturated rings. The molecule has 7 nitrogen and oxygen atoms in total. The number of nitrogens with one attached hydrogen (secondary N) is 1. The molecule has 0 saturated heterocycles. The lowest BCUT2D eigenvalue weighted by atomic mass is 10.1. The molecule has 3 rings (SSSR count). The van der Waals surface area contributed by atoms with E-state index in [1.165, 1.54) is 21.3 Å². The second kappa shape index (κ2) is 10.6. The van der Waals surface area contributed by atoms with Crippen LogP contribution >= 0.6 is 0 Å². The molecule has 3 aromatic rings. The number of hydrogen-bond donors (Lipinski definition) is 1. The summed E-state index contributed by atoms with van der Waals surface area (Å²) in [5.74, 6) is 0.913. The number of methoxy groups -OCH3 is 3. The Hall–Kier alpha value is -3.86. The highest BCUT2D eigenvalue weighted by Gasteiger charge is 2.31. The molecule has 0 spiro atoms. The van der Waals surface area contributed by atoms with Gasteiger partial charge in [-0.1, -0.05) is 24.3 Å². The van der Waals surface area contributed by atoms with Crippen LogP contribution in [0.5, 0.6) is 23.0 Å². The van der Waals surface area contributed by atoms with Gasteiger partial charge in [0.05, 0.1) is 26.2 Å². The van der Waals surface area contributed by atoms with E-state index < -0.39 is 22.1 Å². The lowest BCUT2D eigenvalue weighted by Gasteiger charge is -2.13. The Morgan fingerprint density at radius 2 is 1.40 bits per heavy atom. The fourth-order valence-electron chi connectivity index (χ4n) is 3.13. The van der Waals surface area contributed by atoms with Crippen molar-refractivity contribution in [2.75, 3.05) is 26.1 Å². The normalized spacial score (nSPS) is 11.8. The van der Waals surface area contributed by atoms with Gasteiger partial charge in [0.25, 0.3) is 10.0 Å². The number of sulfonamides is 1. The number of hydrogen-bond acceptors (Lipinski definition) is 6. The van der Waals surface area contributed by atoms with Crippen molar-refractivity contribution < 1.29 is 40.5 Å². The van der Waals surface area contributed by atoms with Crippen LogP contribution in [0.3, 0.4) is 0 Å². The maximum Gasteiger partial charge on any atom is 0.573 e. The molecular formula is C24H22F3NO6S. The van der Waals surface area contributed by atoms with Crippen LogP contribution in [0.2, 0.25) is 0 Å². The van der Waals surface area contributed by atoms with Gasteiger partial charge in [0.2, 0.25) is 5.75 Å². The third kappa shape index (κ3) is 6.82. The molecular weight excluding hydrogens is 487 g/mol. The monoisotopic (exact) mass is 509 g/mol. The molecule has 3 aromatic carbocycles. The van der Waals surface area contributed by atoms with Crippen LogP contribution < -0.4 is 23.7 Å². The zero-order valence-electron chi connectivity index (χ0n) is 18.9. The quantitative estimate of drug-likeness (QED) is 0.379. The van der Waals surface area contributed by atoms with Gasteiger partial charge in [-0.3, -0.25) is 4.72 Å². The number of halogens is 3. The highest BCUT2D eigenvalue weighted by Crippen LogP contribution is 2.38. The van der Waals surface area contributed by atoms with E-state index in [1.54, 1.807) is 48.6 Å². The van der Waals surface area contributed by atoms with Crippen molar-refractivity contribution >= 4 is 27.9 Å². The van der Waals surface area contributed by atoms with E-state index in [9.17, 15) is 21.6 Å². The molecule has 186 valence electrons. The molecule has 0 unspecified atom stereocenters. The van der Waals surface area contributed by atoms with Crippen molar-refractivity contribution in [3.05, 3.63) is 71.8 Å². The summed E-state index contributed by atoms with van der Waals surface area (Å²) in [6.45, 7) is 0. The van der Waals surface area contributed by atoms with Gasteiger partial charge in [0, 0.05) is 5.69 Å². The Balaban J connectivity index is 1.79. The summed E-state index contributed by atoms with van der Waals surface area (Å²) in [6, 6.07) is 14.0. The molecule has 0 aliphatic heterocycles. The topological polar surface area (TPSA) is 83.1 Å². The van der Waals surface area contributed by atoms with Crippen LogP contribution in [0.15, 0.2) is 65.6 Å². The first-order valence-corrected chi connectivity index (χ1v) is 11.5. The summed E-state index contributed by atoms with van der Waals surface area (Å²) >= 11 is 0. The lowest BCUT2D eigenvalue weighted by Crippen LogP contribution is -2.17. The Labute approximate surface area is 200 Å². The first-order chi connectivity index (χ1) is 16.5. The van der Waals surface area contributed by atoms with Crippen LogP contribution in [-0.4, -0.2) is 36.1 Å². The summed E-state index contributed by atoms with van der Waals surface area (Å²) in [7, 11) is 0.488. The van der Waals surface area contributed by atoms with Crippen molar-refractivity contribution in [1.29, 1.82) is 0 Å². The maximum atomic E-state index is 12.7. The highest BCUT2D eigenvalue weighted by molar-refractivity contribution is 7.92. The second-order valence-electron chi connectivity index (χ2n) is 7.04. The number of anilines is 1. The fraction of sp³-hybridized carbons (Fsp3) is 0.167. The molecule has 0 bridgehead atoms. The fourth-order valence-corrected chi connectivity index (χ4v) is 4.18.